The maximum Gasteiger partial charge on any atom is 0.104 e. The zero-order chi connectivity index (χ0) is 18.6. The Bertz CT molecular complexity index is 271. The van der Waals surface area contributed by atoms with Crippen LogP contribution in [0.1, 0.15) is 0 Å². The van der Waals surface area contributed by atoms with Gasteiger partial charge in [0.15, 0.2) is 0 Å². The maximum absolute atomic E-state index is 5.52. The number of hydrogen-bond acceptors (Lipinski definition) is 7. The Kier molecular flexibility index (Phi) is 18.9. The highest BCUT2D eigenvalue weighted by atomic mass is 16.6. The minimum Gasteiger partial charge on any atom is -0.382 e. The molecule has 0 radical (unpaired) electrons. The van der Waals surface area contributed by atoms with Crippen molar-refractivity contribution in [3.8, 4) is 0 Å². The highest BCUT2D eigenvalue weighted by molar-refractivity contribution is 4.67. The molecule has 0 aliphatic rings. The van der Waals surface area contributed by atoms with E-state index in [4.69, 9.17) is 33.2 Å². The summed E-state index contributed by atoms with van der Waals surface area (Å²) in [7, 11) is 3.26. The molecule has 0 saturated heterocycles. The quantitative estimate of drug-likeness (QED) is 0.240. The number of methoxy groups -OCH3 is 2. The molecule has 2 unspecified atom stereocenters. The zero-order valence-corrected chi connectivity index (χ0v) is 15.7. The number of ether oxygens (including phenoxy) is 7. The Hall–Kier alpha value is -0.800. The Labute approximate surface area is 151 Å². The first kappa shape index (κ1) is 24.2. The van der Waals surface area contributed by atoms with Crippen molar-refractivity contribution in [2.24, 2.45) is 0 Å². The van der Waals surface area contributed by atoms with Gasteiger partial charge < -0.3 is 33.2 Å². The molecule has 0 bridgehead atoms. The minimum atomic E-state index is -0.0976. The topological polar surface area (TPSA) is 64.6 Å². The molecular weight excluding hydrogens is 328 g/mol. The summed E-state index contributed by atoms with van der Waals surface area (Å²) in [6.45, 7) is 12.1. The van der Waals surface area contributed by atoms with Gasteiger partial charge in [0.2, 0.25) is 0 Å². The van der Waals surface area contributed by atoms with Crippen LogP contribution in [-0.4, -0.2) is 92.5 Å². The minimum absolute atomic E-state index is 0.0976. The van der Waals surface area contributed by atoms with Gasteiger partial charge in [-0.1, -0.05) is 12.2 Å². The van der Waals surface area contributed by atoms with E-state index < -0.39 is 0 Å². The standard InChI is InChI=1S/C18H34O7/c1-5-7-24-17(13-19-3)15-22-11-9-21-10-12-23-16-18(14-20-4)25-8-6-2/h5-6,17-18H,1-2,7-16H2,3-4H3. The van der Waals surface area contributed by atoms with Crippen molar-refractivity contribution in [1.29, 1.82) is 0 Å². The van der Waals surface area contributed by atoms with Gasteiger partial charge in [-0.15, -0.1) is 13.2 Å². The fraction of sp³-hybridized carbons (Fsp3) is 0.778. The smallest absolute Gasteiger partial charge is 0.104 e. The third kappa shape index (κ3) is 16.4. The Morgan fingerprint density at radius 1 is 0.640 bits per heavy atom. The second-order valence-electron chi connectivity index (χ2n) is 5.16. The van der Waals surface area contributed by atoms with E-state index in [1.54, 1.807) is 26.4 Å². The fourth-order valence-electron chi connectivity index (χ4n) is 1.84. The van der Waals surface area contributed by atoms with Crippen LogP contribution >= 0.6 is 0 Å². The lowest BCUT2D eigenvalue weighted by Crippen LogP contribution is -2.27. The van der Waals surface area contributed by atoms with Crippen molar-refractivity contribution < 1.29 is 33.2 Å². The number of hydrogen-bond donors (Lipinski definition) is 0. The van der Waals surface area contributed by atoms with E-state index in [-0.39, 0.29) is 12.2 Å². The SMILES string of the molecule is C=CCOC(COC)COCCOCCOCC(COC)OCC=C. The van der Waals surface area contributed by atoms with Crippen molar-refractivity contribution >= 4 is 0 Å². The lowest BCUT2D eigenvalue weighted by Gasteiger charge is -2.17. The van der Waals surface area contributed by atoms with Crippen molar-refractivity contribution in [1.82, 2.24) is 0 Å². The van der Waals surface area contributed by atoms with Gasteiger partial charge in [0.25, 0.3) is 0 Å². The van der Waals surface area contributed by atoms with Gasteiger partial charge in [0.05, 0.1) is 66.1 Å². The van der Waals surface area contributed by atoms with E-state index in [1.807, 2.05) is 0 Å². The van der Waals surface area contributed by atoms with E-state index in [0.717, 1.165) is 0 Å². The van der Waals surface area contributed by atoms with Crippen LogP contribution in [0.15, 0.2) is 25.3 Å². The van der Waals surface area contributed by atoms with Crippen molar-refractivity contribution in [3.05, 3.63) is 25.3 Å². The normalized spacial score (nSPS) is 13.5. The second kappa shape index (κ2) is 19.5. The molecule has 0 N–H and O–H groups in total. The van der Waals surface area contributed by atoms with Crippen LogP contribution in [0.2, 0.25) is 0 Å². The summed E-state index contributed by atoms with van der Waals surface area (Å²) in [5.41, 5.74) is 0. The predicted octanol–water partition coefficient (Wildman–Crippen LogP) is 1.47. The van der Waals surface area contributed by atoms with Gasteiger partial charge in [-0.3, -0.25) is 0 Å². The van der Waals surface area contributed by atoms with E-state index >= 15 is 0 Å². The van der Waals surface area contributed by atoms with E-state index in [2.05, 4.69) is 13.2 Å². The lowest BCUT2D eigenvalue weighted by molar-refractivity contribution is -0.0639. The molecule has 0 spiro atoms. The monoisotopic (exact) mass is 362 g/mol. The van der Waals surface area contributed by atoms with Crippen LogP contribution in [0.25, 0.3) is 0 Å². The van der Waals surface area contributed by atoms with Gasteiger partial charge >= 0.3 is 0 Å². The van der Waals surface area contributed by atoms with Crippen LogP contribution in [0.3, 0.4) is 0 Å². The van der Waals surface area contributed by atoms with Crippen molar-refractivity contribution in [2.75, 3.05) is 80.3 Å². The van der Waals surface area contributed by atoms with Crippen molar-refractivity contribution in [3.63, 3.8) is 0 Å². The highest BCUT2D eigenvalue weighted by Crippen LogP contribution is 1.96. The maximum atomic E-state index is 5.52. The first-order chi connectivity index (χ1) is 12.3. The fourth-order valence-corrected chi connectivity index (χ4v) is 1.84. The molecule has 148 valence electrons. The van der Waals surface area contributed by atoms with Gasteiger partial charge in [0.1, 0.15) is 12.2 Å². The molecule has 7 nitrogen and oxygen atoms in total. The molecular formula is C18H34O7. The Morgan fingerprint density at radius 3 is 1.40 bits per heavy atom. The summed E-state index contributed by atoms with van der Waals surface area (Å²) < 4.78 is 37.6. The highest BCUT2D eigenvalue weighted by Gasteiger charge is 2.09. The van der Waals surface area contributed by atoms with Crippen LogP contribution in [0.5, 0.6) is 0 Å². The summed E-state index contributed by atoms with van der Waals surface area (Å²) >= 11 is 0. The summed E-state index contributed by atoms with van der Waals surface area (Å²) in [6, 6.07) is 0. The summed E-state index contributed by atoms with van der Waals surface area (Å²) in [5, 5.41) is 0. The van der Waals surface area contributed by atoms with Crippen LogP contribution in [-0.2, 0) is 33.2 Å². The third-order valence-corrected chi connectivity index (χ3v) is 2.96. The molecule has 0 aromatic heterocycles. The largest absolute Gasteiger partial charge is 0.382 e. The number of rotatable bonds is 20. The lowest BCUT2D eigenvalue weighted by atomic mass is 10.4. The average Bonchev–Trinajstić information content (AvgIpc) is 2.62. The van der Waals surface area contributed by atoms with Crippen molar-refractivity contribution in [2.45, 2.75) is 12.2 Å². The molecule has 0 rings (SSSR count). The molecule has 0 saturated carbocycles. The molecule has 0 aliphatic heterocycles. The Morgan fingerprint density at radius 2 is 1.04 bits per heavy atom. The van der Waals surface area contributed by atoms with Crippen LogP contribution < -0.4 is 0 Å². The molecule has 0 aromatic carbocycles. The van der Waals surface area contributed by atoms with Gasteiger partial charge in [-0.25, -0.2) is 0 Å². The van der Waals surface area contributed by atoms with Gasteiger partial charge in [0, 0.05) is 14.2 Å². The summed E-state index contributed by atoms with van der Waals surface area (Å²) in [6.07, 6.45) is 3.20. The predicted molar refractivity (Wildman–Crippen MR) is 96.1 cm³/mol. The van der Waals surface area contributed by atoms with E-state index in [9.17, 15) is 0 Å². The second-order valence-corrected chi connectivity index (χ2v) is 5.16. The first-order valence-corrected chi connectivity index (χ1v) is 8.44. The van der Waals surface area contributed by atoms with Gasteiger partial charge in [-0.2, -0.15) is 0 Å². The zero-order valence-electron chi connectivity index (χ0n) is 15.7. The molecule has 0 aliphatic carbocycles. The molecule has 25 heavy (non-hydrogen) atoms. The van der Waals surface area contributed by atoms with Crippen LogP contribution in [0.4, 0.5) is 0 Å². The molecule has 0 fully saturated rings. The molecule has 2 atom stereocenters. The molecule has 0 heterocycles. The van der Waals surface area contributed by atoms with Crippen LogP contribution in [0, 0.1) is 0 Å². The summed E-state index contributed by atoms with van der Waals surface area (Å²) in [4.78, 5) is 0. The first-order valence-electron chi connectivity index (χ1n) is 8.44. The van der Waals surface area contributed by atoms with E-state index in [1.165, 1.54) is 0 Å². The van der Waals surface area contributed by atoms with E-state index in [0.29, 0.717) is 66.1 Å². The molecule has 0 amide bonds. The Balaban J connectivity index is 3.52. The third-order valence-electron chi connectivity index (χ3n) is 2.96. The molecule has 7 heteroatoms. The molecule has 0 aromatic rings. The van der Waals surface area contributed by atoms with Gasteiger partial charge in [-0.05, 0) is 0 Å². The summed E-state index contributed by atoms with van der Waals surface area (Å²) in [5.74, 6) is 0. The average molecular weight is 362 g/mol.